The maximum Gasteiger partial charge on any atom is 0.120 e. The van der Waals surface area contributed by atoms with Crippen molar-refractivity contribution in [3.63, 3.8) is 0 Å². The predicted octanol–water partition coefficient (Wildman–Crippen LogP) is 1.64. The third-order valence-corrected chi connectivity index (χ3v) is 3.70. The molecule has 0 saturated carbocycles. The summed E-state index contributed by atoms with van der Waals surface area (Å²) in [6, 6.07) is 0. The molecule has 0 radical (unpaired) electrons. The SMILES string of the molecule is C1CNC(C2CCCS2)OC1.Cl. The molecule has 0 spiro atoms. The van der Waals surface area contributed by atoms with Crippen molar-refractivity contribution in [1.82, 2.24) is 5.32 Å². The number of thioether (sulfide) groups is 1. The Morgan fingerprint density at radius 1 is 1.33 bits per heavy atom. The van der Waals surface area contributed by atoms with Crippen LogP contribution in [0.1, 0.15) is 19.3 Å². The van der Waals surface area contributed by atoms with E-state index in [1.807, 2.05) is 0 Å². The first kappa shape index (κ1) is 10.6. The van der Waals surface area contributed by atoms with Gasteiger partial charge in [-0.3, -0.25) is 5.32 Å². The molecule has 2 aliphatic rings. The second-order valence-electron chi connectivity index (χ2n) is 3.15. The molecule has 0 aliphatic carbocycles. The van der Waals surface area contributed by atoms with E-state index in [9.17, 15) is 0 Å². The highest BCUT2D eigenvalue weighted by atomic mass is 35.5. The Balaban J connectivity index is 0.000000720. The normalized spacial score (nSPS) is 36.0. The third kappa shape index (κ3) is 2.52. The molecule has 0 bridgehead atoms. The van der Waals surface area contributed by atoms with Crippen molar-refractivity contribution >= 4 is 24.2 Å². The van der Waals surface area contributed by atoms with E-state index in [0.717, 1.165) is 18.4 Å². The molecule has 2 fully saturated rings. The van der Waals surface area contributed by atoms with Crippen molar-refractivity contribution in [2.45, 2.75) is 30.7 Å². The summed E-state index contributed by atoms with van der Waals surface area (Å²) in [6.45, 7) is 2.09. The van der Waals surface area contributed by atoms with E-state index >= 15 is 0 Å². The Morgan fingerprint density at radius 3 is 2.83 bits per heavy atom. The molecule has 4 heteroatoms. The van der Waals surface area contributed by atoms with Gasteiger partial charge in [0.2, 0.25) is 0 Å². The maximum absolute atomic E-state index is 5.63. The van der Waals surface area contributed by atoms with E-state index < -0.39 is 0 Å². The number of rotatable bonds is 1. The van der Waals surface area contributed by atoms with Crippen LogP contribution in [-0.2, 0) is 4.74 Å². The quantitative estimate of drug-likeness (QED) is 0.710. The van der Waals surface area contributed by atoms with Crippen molar-refractivity contribution in [1.29, 1.82) is 0 Å². The number of hydrogen-bond donors (Lipinski definition) is 1. The highest BCUT2D eigenvalue weighted by Gasteiger charge is 2.27. The fourth-order valence-corrected chi connectivity index (χ4v) is 2.98. The van der Waals surface area contributed by atoms with E-state index in [0.29, 0.717) is 6.23 Å². The first-order chi connectivity index (χ1) is 5.47. The van der Waals surface area contributed by atoms with Gasteiger partial charge in [-0.15, -0.1) is 12.4 Å². The van der Waals surface area contributed by atoms with Gasteiger partial charge in [0.25, 0.3) is 0 Å². The molecular weight excluding hydrogens is 194 g/mol. The Morgan fingerprint density at radius 2 is 2.25 bits per heavy atom. The molecule has 0 aromatic carbocycles. The lowest BCUT2D eigenvalue weighted by Gasteiger charge is -2.28. The van der Waals surface area contributed by atoms with Gasteiger partial charge in [0.05, 0.1) is 0 Å². The number of ether oxygens (including phenoxy) is 1. The van der Waals surface area contributed by atoms with Crippen LogP contribution in [0, 0.1) is 0 Å². The average Bonchev–Trinajstić information content (AvgIpc) is 2.58. The predicted molar refractivity (Wildman–Crippen MR) is 55.1 cm³/mol. The van der Waals surface area contributed by atoms with Gasteiger partial charge in [0.1, 0.15) is 6.23 Å². The number of halogens is 1. The summed E-state index contributed by atoms with van der Waals surface area (Å²) < 4.78 is 5.63. The largest absolute Gasteiger partial charge is 0.362 e. The molecule has 2 atom stereocenters. The van der Waals surface area contributed by atoms with Gasteiger partial charge in [-0.25, -0.2) is 0 Å². The van der Waals surface area contributed by atoms with Crippen molar-refractivity contribution in [3.05, 3.63) is 0 Å². The van der Waals surface area contributed by atoms with Gasteiger partial charge >= 0.3 is 0 Å². The van der Waals surface area contributed by atoms with Crippen LogP contribution < -0.4 is 5.32 Å². The molecule has 2 nitrogen and oxygen atoms in total. The molecule has 2 rings (SSSR count). The van der Waals surface area contributed by atoms with Crippen LogP contribution in [0.3, 0.4) is 0 Å². The van der Waals surface area contributed by atoms with Crippen molar-refractivity contribution in [2.24, 2.45) is 0 Å². The summed E-state index contributed by atoms with van der Waals surface area (Å²) in [5.74, 6) is 1.33. The summed E-state index contributed by atoms with van der Waals surface area (Å²) in [4.78, 5) is 0. The monoisotopic (exact) mass is 209 g/mol. The van der Waals surface area contributed by atoms with E-state index in [1.165, 1.54) is 25.0 Å². The average molecular weight is 210 g/mol. The topological polar surface area (TPSA) is 21.3 Å². The van der Waals surface area contributed by atoms with Crippen LogP contribution in [0.4, 0.5) is 0 Å². The molecule has 72 valence electrons. The molecule has 2 heterocycles. The van der Waals surface area contributed by atoms with Gasteiger partial charge in [-0.1, -0.05) is 0 Å². The van der Waals surface area contributed by atoms with E-state index in [1.54, 1.807) is 0 Å². The van der Waals surface area contributed by atoms with Gasteiger partial charge in [0, 0.05) is 11.9 Å². The van der Waals surface area contributed by atoms with Crippen LogP contribution in [0.5, 0.6) is 0 Å². The first-order valence-corrected chi connectivity index (χ1v) is 5.48. The van der Waals surface area contributed by atoms with Gasteiger partial charge < -0.3 is 4.74 Å². The van der Waals surface area contributed by atoms with E-state index in [-0.39, 0.29) is 12.4 Å². The van der Waals surface area contributed by atoms with Crippen LogP contribution in [0.25, 0.3) is 0 Å². The second-order valence-corrected chi connectivity index (χ2v) is 4.50. The highest BCUT2D eigenvalue weighted by molar-refractivity contribution is 8.00. The summed E-state index contributed by atoms with van der Waals surface area (Å²) in [5.41, 5.74) is 0. The molecule has 0 aromatic heterocycles. The molecule has 1 N–H and O–H groups in total. The van der Waals surface area contributed by atoms with Crippen LogP contribution >= 0.6 is 24.2 Å². The van der Waals surface area contributed by atoms with Gasteiger partial charge in [0.15, 0.2) is 0 Å². The lowest BCUT2D eigenvalue weighted by molar-refractivity contribution is 0.000212. The number of nitrogens with one attached hydrogen (secondary N) is 1. The van der Waals surface area contributed by atoms with Gasteiger partial charge in [-0.05, 0) is 31.6 Å². The zero-order valence-electron chi connectivity index (χ0n) is 7.12. The minimum absolute atomic E-state index is 0. The van der Waals surface area contributed by atoms with E-state index in [2.05, 4.69) is 17.1 Å². The first-order valence-electron chi connectivity index (χ1n) is 4.43. The van der Waals surface area contributed by atoms with Crippen molar-refractivity contribution in [3.8, 4) is 0 Å². The highest BCUT2D eigenvalue weighted by Crippen LogP contribution is 2.29. The molecule has 2 aliphatic heterocycles. The smallest absolute Gasteiger partial charge is 0.120 e. The zero-order valence-corrected chi connectivity index (χ0v) is 8.76. The molecule has 12 heavy (non-hydrogen) atoms. The summed E-state index contributed by atoms with van der Waals surface area (Å²) >= 11 is 2.06. The zero-order chi connectivity index (χ0) is 7.52. The summed E-state index contributed by atoms with van der Waals surface area (Å²) in [5, 5.41) is 4.15. The Kier molecular flexibility index (Phi) is 4.72. The molecule has 2 saturated heterocycles. The van der Waals surface area contributed by atoms with Crippen molar-refractivity contribution < 1.29 is 4.74 Å². The fraction of sp³-hybridized carbons (Fsp3) is 1.00. The molecule has 0 amide bonds. The lowest BCUT2D eigenvalue weighted by Crippen LogP contribution is -2.44. The standard InChI is InChI=1S/C8H15NOS.ClH/c1-3-7(11-6-1)8-9-4-2-5-10-8;/h7-9H,1-6H2;1H. The fourth-order valence-electron chi connectivity index (χ4n) is 1.67. The number of hydrogen-bond acceptors (Lipinski definition) is 3. The lowest BCUT2D eigenvalue weighted by atomic mass is 10.2. The van der Waals surface area contributed by atoms with Crippen molar-refractivity contribution in [2.75, 3.05) is 18.9 Å². The molecule has 2 unspecified atom stereocenters. The minimum atomic E-state index is 0. The third-order valence-electron chi connectivity index (χ3n) is 2.27. The molecule has 0 aromatic rings. The Hall–Kier alpha value is 0.560. The van der Waals surface area contributed by atoms with Crippen LogP contribution in [0.15, 0.2) is 0 Å². The van der Waals surface area contributed by atoms with Gasteiger partial charge in [-0.2, -0.15) is 11.8 Å². The minimum Gasteiger partial charge on any atom is -0.362 e. The van der Waals surface area contributed by atoms with E-state index in [4.69, 9.17) is 4.74 Å². The van der Waals surface area contributed by atoms with Crippen LogP contribution in [0.2, 0.25) is 0 Å². The Labute approximate surface area is 84.2 Å². The maximum atomic E-state index is 5.63. The summed E-state index contributed by atoms with van der Waals surface area (Å²) in [6.07, 6.45) is 4.24. The van der Waals surface area contributed by atoms with Crippen LogP contribution in [-0.4, -0.2) is 30.4 Å². The summed E-state index contributed by atoms with van der Waals surface area (Å²) in [7, 11) is 0. The second kappa shape index (κ2) is 5.32. The molecular formula is C8H16ClNOS. The Bertz CT molecular complexity index is 124.